The van der Waals surface area contributed by atoms with Gasteiger partial charge in [0, 0.05) is 26.6 Å². The third kappa shape index (κ3) is 3.61. The lowest BCUT2D eigenvalue weighted by Crippen LogP contribution is -2.30. The van der Waals surface area contributed by atoms with Gasteiger partial charge >= 0.3 is 6.03 Å². The van der Waals surface area contributed by atoms with Crippen molar-refractivity contribution < 1.29 is 9.59 Å². The number of anilines is 1. The number of hydrogen-bond donors (Lipinski definition) is 1. The molecular formula is C22H17BrClN3O2. The van der Waals surface area contributed by atoms with Crippen LogP contribution in [0, 0.1) is 13.8 Å². The van der Waals surface area contributed by atoms with E-state index >= 15 is 0 Å². The molecule has 1 aliphatic heterocycles. The SMILES string of the molecule is Cc1cc(/C=C2\NC(=O)N(c3cccc(Cl)c3)C2=O)c(C)n1-c1ccc(Br)cc1. The van der Waals surface area contributed by atoms with Gasteiger partial charge in [-0.1, -0.05) is 33.6 Å². The molecular weight excluding hydrogens is 454 g/mol. The summed E-state index contributed by atoms with van der Waals surface area (Å²) in [7, 11) is 0. The molecule has 1 aromatic heterocycles. The van der Waals surface area contributed by atoms with Gasteiger partial charge in [0.05, 0.1) is 5.69 Å². The molecule has 3 amide bonds. The van der Waals surface area contributed by atoms with Gasteiger partial charge in [-0.15, -0.1) is 0 Å². The Morgan fingerprint density at radius 1 is 1.00 bits per heavy atom. The average Bonchev–Trinajstić information content (AvgIpc) is 3.11. The smallest absolute Gasteiger partial charge is 0.318 e. The van der Waals surface area contributed by atoms with E-state index in [0.29, 0.717) is 10.7 Å². The van der Waals surface area contributed by atoms with Crippen LogP contribution >= 0.6 is 27.5 Å². The number of benzene rings is 2. The quantitative estimate of drug-likeness (QED) is 0.400. The van der Waals surface area contributed by atoms with E-state index in [9.17, 15) is 9.59 Å². The molecule has 1 aliphatic rings. The Hall–Kier alpha value is -2.83. The standard InChI is InChI=1S/C22H17BrClN3O2/c1-13-10-15(14(2)26(13)18-8-6-16(23)7-9-18)11-20-21(28)27(22(29)25-20)19-5-3-4-17(24)12-19/h3-12H,1-2H3,(H,25,29)/b20-11-. The fraction of sp³-hybridized carbons (Fsp3) is 0.0909. The van der Waals surface area contributed by atoms with Crippen LogP contribution in [0.3, 0.4) is 0 Å². The monoisotopic (exact) mass is 469 g/mol. The zero-order chi connectivity index (χ0) is 20.7. The van der Waals surface area contributed by atoms with E-state index in [1.54, 1.807) is 30.3 Å². The summed E-state index contributed by atoms with van der Waals surface area (Å²) in [5.74, 6) is -0.411. The summed E-state index contributed by atoms with van der Waals surface area (Å²) in [5.41, 5.74) is 4.55. The summed E-state index contributed by atoms with van der Waals surface area (Å²) in [6.07, 6.45) is 1.71. The van der Waals surface area contributed by atoms with Gasteiger partial charge in [-0.05, 0) is 74.0 Å². The average molecular weight is 471 g/mol. The molecule has 29 heavy (non-hydrogen) atoms. The number of urea groups is 1. The van der Waals surface area contributed by atoms with Crippen molar-refractivity contribution in [1.29, 1.82) is 0 Å². The second-order valence-electron chi connectivity index (χ2n) is 6.75. The minimum absolute atomic E-state index is 0.228. The van der Waals surface area contributed by atoms with Gasteiger partial charge < -0.3 is 9.88 Å². The van der Waals surface area contributed by atoms with Crippen LogP contribution in [0.1, 0.15) is 17.0 Å². The van der Waals surface area contributed by atoms with Crippen molar-refractivity contribution >= 4 is 51.2 Å². The molecule has 0 unspecified atom stereocenters. The minimum atomic E-state index is -0.495. The lowest BCUT2D eigenvalue weighted by molar-refractivity contribution is -0.113. The molecule has 2 aromatic carbocycles. The van der Waals surface area contributed by atoms with Gasteiger partial charge in [-0.3, -0.25) is 4.79 Å². The zero-order valence-corrected chi connectivity index (χ0v) is 18.1. The second kappa shape index (κ2) is 7.54. The molecule has 1 fully saturated rings. The summed E-state index contributed by atoms with van der Waals surface area (Å²) in [5, 5.41) is 3.12. The fourth-order valence-electron chi connectivity index (χ4n) is 3.46. The van der Waals surface area contributed by atoms with E-state index in [4.69, 9.17) is 11.6 Å². The molecule has 7 heteroatoms. The summed E-state index contributed by atoms with van der Waals surface area (Å²) in [4.78, 5) is 26.4. The first-order chi connectivity index (χ1) is 13.8. The number of imide groups is 1. The van der Waals surface area contributed by atoms with Gasteiger partial charge in [0.25, 0.3) is 5.91 Å². The highest BCUT2D eigenvalue weighted by atomic mass is 79.9. The van der Waals surface area contributed by atoms with Crippen LogP contribution in [0.5, 0.6) is 0 Å². The number of rotatable bonds is 3. The predicted octanol–water partition coefficient (Wildman–Crippen LogP) is 5.61. The number of nitrogens with zero attached hydrogens (tertiary/aromatic N) is 2. The van der Waals surface area contributed by atoms with Gasteiger partial charge in [0.15, 0.2) is 0 Å². The van der Waals surface area contributed by atoms with Crippen molar-refractivity contribution in [2.75, 3.05) is 4.90 Å². The van der Waals surface area contributed by atoms with Crippen LogP contribution in [-0.4, -0.2) is 16.5 Å². The van der Waals surface area contributed by atoms with Crippen molar-refractivity contribution in [1.82, 2.24) is 9.88 Å². The van der Waals surface area contributed by atoms with Crippen molar-refractivity contribution in [3.05, 3.63) is 86.7 Å². The summed E-state index contributed by atoms with van der Waals surface area (Å²) >= 11 is 9.45. The van der Waals surface area contributed by atoms with E-state index in [0.717, 1.165) is 32.0 Å². The minimum Gasteiger partial charge on any atom is -0.318 e. The number of hydrogen-bond acceptors (Lipinski definition) is 2. The lowest BCUT2D eigenvalue weighted by atomic mass is 10.2. The van der Waals surface area contributed by atoms with Gasteiger partial charge in [0.2, 0.25) is 0 Å². The molecule has 0 spiro atoms. The molecule has 0 bridgehead atoms. The Kier molecular flexibility index (Phi) is 5.06. The number of carbonyl (C=O) groups excluding carboxylic acids is 2. The first-order valence-electron chi connectivity index (χ1n) is 8.93. The molecule has 0 radical (unpaired) electrons. The Labute approximate surface area is 181 Å². The van der Waals surface area contributed by atoms with E-state index in [-0.39, 0.29) is 5.70 Å². The van der Waals surface area contributed by atoms with E-state index in [1.165, 1.54) is 0 Å². The molecule has 4 rings (SSSR count). The Balaban J connectivity index is 1.70. The maximum absolute atomic E-state index is 12.9. The molecule has 1 N–H and O–H groups in total. The third-order valence-corrected chi connectivity index (χ3v) is 5.56. The molecule has 0 atom stereocenters. The number of aryl methyl sites for hydroxylation is 1. The summed E-state index contributed by atoms with van der Waals surface area (Å²) < 4.78 is 3.11. The van der Waals surface area contributed by atoms with Gasteiger partial charge in [-0.25, -0.2) is 9.69 Å². The highest BCUT2D eigenvalue weighted by Gasteiger charge is 2.35. The van der Waals surface area contributed by atoms with Crippen molar-refractivity contribution in [3.63, 3.8) is 0 Å². The number of carbonyl (C=O) groups is 2. The molecule has 2 heterocycles. The van der Waals surface area contributed by atoms with Crippen molar-refractivity contribution in [3.8, 4) is 5.69 Å². The highest BCUT2D eigenvalue weighted by molar-refractivity contribution is 9.10. The maximum atomic E-state index is 12.9. The Bertz CT molecular complexity index is 1170. The Morgan fingerprint density at radius 2 is 1.72 bits per heavy atom. The first kappa shape index (κ1) is 19.5. The van der Waals surface area contributed by atoms with Crippen molar-refractivity contribution in [2.24, 2.45) is 0 Å². The van der Waals surface area contributed by atoms with Crippen LogP contribution < -0.4 is 10.2 Å². The fourth-order valence-corrected chi connectivity index (χ4v) is 3.91. The summed E-state index contributed by atoms with van der Waals surface area (Å²) in [6, 6.07) is 16.1. The third-order valence-electron chi connectivity index (χ3n) is 4.80. The molecule has 0 saturated carbocycles. The largest absolute Gasteiger partial charge is 0.333 e. The first-order valence-corrected chi connectivity index (χ1v) is 10.1. The lowest BCUT2D eigenvalue weighted by Gasteiger charge is -2.11. The van der Waals surface area contributed by atoms with Crippen LogP contribution in [0.25, 0.3) is 11.8 Å². The second-order valence-corrected chi connectivity index (χ2v) is 8.10. The molecule has 1 saturated heterocycles. The molecule has 0 aliphatic carbocycles. The highest BCUT2D eigenvalue weighted by Crippen LogP contribution is 2.27. The molecule has 3 aromatic rings. The van der Waals surface area contributed by atoms with Crippen LogP contribution in [0.2, 0.25) is 5.02 Å². The number of nitrogens with one attached hydrogen (secondary N) is 1. The van der Waals surface area contributed by atoms with Crippen LogP contribution in [-0.2, 0) is 4.79 Å². The van der Waals surface area contributed by atoms with Gasteiger partial charge in [0.1, 0.15) is 5.70 Å². The maximum Gasteiger partial charge on any atom is 0.333 e. The van der Waals surface area contributed by atoms with Crippen LogP contribution in [0.15, 0.2) is 64.8 Å². The molecule has 146 valence electrons. The van der Waals surface area contributed by atoms with E-state index in [2.05, 4.69) is 25.8 Å². The topological polar surface area (TPSA) is 54.3 Å². The van der Waals surface area contributed by atoms with Gasteiger partial charge in [-0.2, -0.15) is 0 Å². The van der Waals surface area contributed by atoms with Crippen LogP contribution in [0.4, 0.5) is 10.5 Å². The zero-order valence-electron chi connectivity index (χ0n) is 15.7. The number of aromatic nitrogens is 1. The van der Waals surface area contributed by atoms with E-state index < -0.39 is 11.9 Å². The number of amides is 3. The molecule has 5 nitrogen and oxygen atoms in total. The summed E-state index contributed by atoms with van der Waals surface area (Å²) in [6.45, 7) is 3.99. The number of halogens is 2. The Morgan fingerprint density at radius 3 is 2.41 bits per heavy atom. The van der Waals surface area contributed by atoms with E-state index in [1.807, 2.05) is 44.2 Å². The normalized spacial score (nSPS) is 15.3. The van der Waals surface area contributed by atoms with Crippen molar-refractivity contribution in [2.45, 2.75) is 13.8 Å². The predicted molar refractivity (Wildman–Crippen MR) is 118 cm³/mol.